The summed E-state index contributed by atoms with van der Waals surface area (Å²) in [4.78, 5) is 36.8. The molecular weight excluding hydrogens is 338 g/mol. The van der Waals surface area contributed by atoms with Crippen LogP contribution in [0.5, 0.6) is 0 Å². The molecule has 3 rings (SSSR count). The quantitative estimate of drug-likeness (QED) is 0.722. The number of thioether (sulfide) groups is 3. The van der Waals surface area contributed by atoms with Gasteiger partial charge in [-0.3, -0.25) is 19.3 Å². The van der Waals surface area contributed by atoms with Gasteiger partial charge in [0.25, 0.3) is 0 Å². The van der Waals surface area contributed by atoms with Crippen LogP contribution in [0, 0.1) is 0 Å². The lowest BCUT2D eigenvalue weighted by molar-refractivity contribution is -0.111. The van der Waals surface area contributed by atoms with Gasteiger partial charge >= 0.3 is 0 Å². The molecule has 0 aromatic heterocycles. The van der Waals surface area contributed by atoms with E-state index >= 15 is 0 Å². The molecule has 7 heteroatoms. The van der Waals surface area contributed by atoms with Crippen molar-refractivity contribution in [1.29, 1.82) is 0 Å². The zero-order chi connectivity index (χ0) is 15.5. The molecule has 0 bridgehead atoms. The molecule has 0 saturated carbocycles. The summed E-state index contributed by atoms with van der Waals surface area (Å²) in [5, 5.41) is 2.08. The van der Waals surface area contributed by atoms with E-state index in [0.717, 1.165) is 38.9 Å². The minimum Gasteiger partial charge on any atom is -0.300 e. The molecule has 3 unspecified atom stereocenters. The van der Waals surface area contributed by atoms with E-state index in [-0.39, 0.29) is 0 Å². The number of nitrogens with zero attached hydrogens (tertiary/aromatic N) is 1. The van der Waals surface area contributed by atoms with Crippen molar-refractivity contribution in [3.05, 3.63) is 0 Å². The third-order valence-corrected chi connectivity index (χ3v) is 7.85. The average molecular weight is 360 g/mol. The van der Waals surface area contributed by atoms with E-state index in [1.165, 1.54) is 35.3 Å². The number of carbonyl (C=O) groups is 3. The first kappa shape index (κ1) is 16.9. The van der Waals surface area contributed by atoms with Gasteiger partial charge in [0.2, 0.25) is 0 Å². The van der Waals surface area contributed by atoms with Crippen LogP contribution in [-0.2, 0) is 14.4 Å². The van der Waals surface area contributed by atoms with Crippen LogP contribution >= 0.6 is 35.3 Å². The van der Waals surface area contributed by atoms with E-state index < -0.39 is 0 Å². The minimum absolute atomic E-state index is 0.306. The van der Waals surface area contributed by atoms with E-state index in [2.05, 4.69) is 4.90 Å². The van der Waals surface area contributed by atoms with Crippen LogP contribution in [0.1, 0.15) is 38.5 Å². The number of hydrogen-bond donors (Lipinski definition) is 0. The summed E-state index contributed by atoms with van der Waals surface area (Å²) >= 11 is 4.45. The zero-order valence-electron chi connectivity index (χ0n) is 12.5. The topological polar surface area (TPSA) is 54.5 Å². The summed E-state index contributed by atoms with van der Waals surface area (Å²) in [6.45, 7) is 2.73. The fourth-order valence-corrected chi connectivity index (χ4v) is 6.61. The molecule has 3 aliphatic rings. The van der Waals surface area contributed by atoms with Crippen molar-refractivity contribution < 1.29 is 14.4 Å². The van der Waals surface area contributed by atoms with Gasteiger partial charge in [-0.15, -0.1) is 0 Å². The fraction of sp³-hybridized carbons (Fsp3) is 0.800. The molecule has 0 radical (unpaired) electrons. The predicted molar refractivity (Wildman–Crippen MR) is 93.3 cm³/mol. The second-order valence-corrected chi connectivity index (χ2v) is 10.2. The van der Waals surface area contributed by atoms with Gasteiger partial charge in [-0.2, -0.15) is 0 Å². The molecule has 122 valence electrons. The molecule has 4 nitrogen and oxygen atoms in total. The van der Waals surface area contributed by atoms with Crippen LogP contribution in [0.25, 0.3) is 0 Å². The normalized spacial score (nSPS) is 32.6. The van der Waals surface area contributed by atoms with Crippen LogP contribution in [0.15, 0.2) is 0 Å². The van der Waals surface area contributed by atoms with Crippen LogP contribution in [0.3, 0.4) is 0 Å². The van der Waals surface area contributed by atoms with Crippen LogP contribution in [0.4, 0.5) is 0 Å². The van der Waals surface area contributed by atoms with E-state index in [9.17, 15) is 14.4 Å². The smallest absolute Gasteiger partial charge is 0.189 e. The maximum Gasteiger partial charge on any atom is 0.189 e. The second-order valence-electron chi connectivity index (χ2n) is 6.17. The van der Waals surface area contributed by atoms with Gasteiger partial charge in [0.1, 0.15) is 0 Å². The van der Waals surface area contributed by atoms with E-state index in [1.54, 1.807) is 0 Å². The lowest BCUT2D eigenvalue weighted by atomic mass is 10.2. The van der Waals surface area contributed by atoms with Crippen molar-refractivity contribution in [1.82, 2.24) is 4.90 Å². The Morgan fingerprint density at radius 3 is 1.23 bits per heavy atom. The van der Waals surface area contributed by atoms with Crippen molar-refractivity contribution >= 4 is 50.6 Å². The largest absolute Gasteiger partial charge is 0.300 e. The lowest BCUT2D eigenvalue weighted by Gasteiger charge is -2.29. The van der Waals surface area contributed by atoms with Gasteiger partial charge in [-0.05, 0) is 19.3 Å². The van der Waals surface area contributed by atoms with Gasteiger partial charge < -0.3 is 0 Å². The first-order valence-electron chi connectivity index (χ1n) is 7.89. The predicted octanol–water partition coefficient (Wildman–Crippen LogP) is 2.56. The Morgan fingerprint density at radius 1 is 0.682 bits per heavy atom. The Bertz CT molecular complexity index is 404. The maximum absolute atomic E-state index is 11.5. The lowest BCUT2D eigenvalue weighted by Crippen LogP contribution is -2.39. The number of carbonyl (C=O) groups excluding carboxylic acids is 3. The summed E-state index contributed by atoms with van der Waals surface area (Å²) in [5.41, 5.74) is 0. The monoisotopic (exact) mass is 359 g/mol. The minimum atomic E-state index is 0.306. The first-order chi connectivity index (χ1) is 10.6. The molecule has 3 fully saturated rings. The fourth-order valence-electron chi connectivity index (χ4n) is 3.22. The molecule has 0 spiro atoms. The van der Waals surface area contributed by atoms with Crippen molar-refractivity contribution in [2.24, 2.45) is 0 Å². The van der Waals surface area contributed by atoms with Crippen molar-refractivity contribution in [2.75, 3.05) is 19.6 Å². The van der Waals surface area contributed by atoms with Crippen LogP contribution in [0.2, 0.25) is 0 Å². The summed E-state index contributed by atoms with van der Waals surface area (Å²) in [7, 11) is 0. The Balaban J connectivity index is 1.55. The van der Waals surface area contributed by atoms with Crippen molar-refractivity contribution in [3.8, 4) is 0 Å². The third kappa shape index (κ3) is 4.76. The highest BCUT2D eigenvalue weighted by atomic mass is 32.2. The third-order valence-electron chi connectivity index (χ3n) is 4.29. The Hall–Kier alpha value is 0.0200. The van der Waals surface area contributed by atoms with Crippen molar-refractivity contribution in [3.63, 3.8) is 0 Å². The first-order valence-corrected chi connectivity index (χ1v) is 10.5. The van der Waals surface area contributed by atoms with E-state index in [0.29, 0.717) is 50.4 Å². The SMILES string of the molecule is O=C1CCC(CN(CC2CCC(=O)S2)CC2CCC(=O)S2)S1. The molecular formula is C15H21NO3S3. The molecule has 3 atom stereocenters. The molecule has 0 N–H and O–H groups in total. The molecule has 3 aliphatic heterocycles. The van der Waals surface area contributed by atoms with Gasteiger partial charge in [0, 0.05) is 54.6 Å². The Labute approximate surface area is 143 Å². The molecule has 0 aromatic rings. The summed E-state index contributed by atoms with van der Waals surface area (Å²) in [6, 6.07) is 0. The van der Waals surface area contributed by atoms with Gasteiger partial charge in [-0.25, -0.2) is 0 Å². The summed E-state index contributed by atoms with van der Waals surface area (Å²) < 4.78 is 0. The van der Waals surface area contributed by atoms with Crippen molar-refractivity contribution in [2.45, 2.75) is 54.3 Å². The average Bonchev–Trinajstić information content (AvgIpc) is 3.14. The molecule has 22 heavy (non-hydrogen) atoms. The van der Waals surface area contributed by atoms with Crippen LogP contribution in [-0.4, -0.2) is 55.6 Å². The highest BCUT2D eigenvalue weighted by Crippen LogP contribution is 2.34. The molecule has 0 aliphatic carbocycles. The Kier molecular flexibility index (Phi) is 5.92. The maximum atomic E-state index is 11.5. The van der Waals surface area contributed by atoms with Crippen LogP contribution < -0.4 is 0 Å². The standard InChI is InChI=1S/C15H21NO3S3/c17-13-4-1-10(20-13)7-16(8-11-2-5-14(18)21-11)9-12-3-6-15(19)22-12/h10-12H,1-9H2. The highest BCUT2D eigenvalue weighted by Gasteiger charge is 2.32. The molecule has 3 saturated heterocycles. The van der Waals surface area contributed by atoms with E-state index in [1.807, 2.05) is 0 Å². The molecule has 0 amide bonds. The summed E-state index contributed by atoms with van der Waals surface area (Å²) in [6.07, 6.45) is 4.97. The number of hydrogen-bond acceptors (Lipinski definition) is 7. The van der Waals surface area contributed by atoms with Gasteiger partial charge in [-0.1, -0.05) is 35.3 Å². The zero-order valence-corrected chi connectivity index (χ0v) is 14.9. The number of rotatable bonds is 6. The van der Waals surface area contributed by atoms with Gasteiger partial charge in [0.05, 0.1) is 0 Å². The van der Waals surface area contributed by atoms with Gasteiger partial charge in [0.15, 0.2) is 15.3 Å². The molecule has 0 aromatic carbocycles. The second kappa shape index (κ2) is 7.73. The highest BCUT2D eigenvalue weighted by molar-refractivity contribution is 8.15. The Morgan fingerprint density at radius 2 is 1.00 bits per heavy atom. The summed E-state index contributed by atoms with van der Waals surface area (Å²) in [5.74, 6) is 0. The van der Waals surface area contributed by atoms with E-state index in [4.69, 9.17) is 0 Å². The molecule has 3 heterocycles.